The van der Waals surface area contributed by atoms with E-state index in [9.17, 15) is 0 Å². The van der Waals surface area contributed by atoms with E-state index in [-0.39, 0.29) is 29.6 Å². The molecule has 18 heavy (non-hydrogen) atoms. The summed E-state index contributed by atoms with van der Waals surface area (Å²) >= 11 is 0. The first-order valence-electron chi connectivity index (χ1n) is 4.61. The van der Waals surface area contributed by atoms with Crippen molar-refractivity contribution >= 4 is 5.69 Å². The molecule has 1 aromatic heterocycles. The number of rotatable bonds is 2. The van der Waals surface area contributed by atoms with Crippen LogP contribution >= 0.6 is 0 Å². The Hall–Kier alpha value is -1.48. The summed E-state index contributed by atoms with van der Waals surface area (Å²) in [6.45, 7) is 1.85. The van der Waals surface area contributed by atoms with Gasteiger partial charge < -0.3 is 15.5 Å². The van der Waals surface area contributed by atoms with Crippen molar-refractivity contribution in [1.82, 2.24) is 14.8 Å². The first kappa shape index (κ1) is 16.5. The molecule has 2 aromatic rings. The third-order valence-electron chi connectivity index (χ3n) is 1.90. The minimum Gasteiger partial charge on any atom is -0.444 e. The summed E-state index contributed by atoms with van der Waals surface area (Å²) in [5, 5.41) is 13.2. The number of aromatic nitrogens is 3. The predicted molar refractivity (Wildman–Crippen MR) is 63.1 cm³/mol. The van der Waals surface area contributed by atoms with Gasteiger partial charge in [0.15, 0.2) is 0 Å². The summed E-state index contributed by atoms with van der Waals surface area (Å²) in [4.78, 5) is 12.0. The van der Waals surface area contributed by atoms with Crippen molar-refractivity contribution in [2.45, 2.75) is 6.92 Å². The van der Waals surface area contributed by atoms with Crippen molar-refractivity contribution in [3.63, 3.8) is 0 Å². The Morgan fingerprint density at radius 3 is 2.33 bits per heavy atom. The minimum absolute atomic E-state index is 0. The average Bonchev–Trinajstić information content (AvgIpc) is 2.77. The Kier molecular flexibility index (Phi) is 7.88. The maximum atomic E-state index is 8.00. The molecule has 1 heterocycles. The molecule has 0 fully saturated rings. The second-order valence-electron chi connectivity index (χ2n) is 3.00. The fourth-order valence-corrected chi connectivity index (χ4v) is 1.18. The van der Waals surface area contributed by atoms with E-state index in [2.05, 4.69) is 15.5 Å². The molecule has 9 heteroatoms. The van der Waals surface area contributed by atoms with Crippen molar-refractivity contribution in [2.24, 2.45) is 11.2 Å². The van der Waals surface area contributed by atoms with Gasteiger partial charge in [0.25, 0.3) is 0 Å². The molecule has 0 bridgehead atoms. The van der Waals surface area contributed by atoms with Gasteiger partial charge in [0.1, 0.15) is 12.2 Å². The molecule has 3 N–H and O–H groups in total. The summed E-state index contributed by atoms with van der Waals surface area (Å²) in [5.74, 6) is 6.01. The number of aryl methyl sites for hydroxylation is 1. The van der Waals surface area contributed by atoms with Crippen LogP contribution in [0.15, 0.2) is 35.9 Å². The van der Waals surface area contributed by atoms with Crippen molar-refractivity contribution in [3.8, 4) is 5.69 Å². The topological polar surface area (TPSA) is 121 Å². The summed E-state index contributed by atoms with van der Waals surface area (Å²) in [7, 11) is 0. The van der Waals surface area contributed by atoms with Crippen molar-refractivity contribution in [1.29, 1.82) is 0 Å². The fourth-order valence-electron chi connectivity index (χ4n) is 1.18. The van der Waals surface area contributed by atoms with Crippen LogP contribution < -0.4 is 40.8 Å². The van der Waals surface area contributed by atoms with Crippen LogP contribution in [-0.4, -0.2) is 14.8 Å². The van der Waals surface area contributed by atoms with Gasteiger partial charge in [-0.15, -0.1) is 5.34 Å². The Morgan fingerprint density at radius 2 is 1.94 bits per heavy atom. The molecule has 0 spiro atoms. The Bertz CT molecular complexity index is 472. The molecule has 0 amide bonds. The van der Waals surface area contributed by atoms with Gasteiger partial charge in [0.2, 0.25) is 0 Å². The van der Waals surface area contributed by atoms with Gasteiger partial charge in [-0.1, -0.05) is 0 Å². The smallest absolute Gasteiger partial charge is 0.444 e. The third-order valence-corrected chi connectivity index (χ3v) is 1.90. The van der Waals surface area contributed by atoms with Crippen LogP contribution in [0.4, 0.5) is 5.69 Å². The fraction of sp³-hybridized carbons (Fsp3) is 0.111. The molecule has 0 unspecified atom stereocenters. The van der Waals surface area contributed by atoms with E-state index in [1.807, 2.05) is 31.2 Å². The molecular weight excluding hydrogens is 247 g/mol. The third kappa shape index (κ3) is 4.80. The number of nitrogen functional groups attached to an aromatic ring is 1. The summed E-state index contributed by atoms with van der Waals surface area (Å²) < 4.78 is 1.72. The monoisotopic (exact) mass is 258 g/mol. The molecule has 0 aliphatic carbocycles. The zero-order valence-electron chi connectivity index (χ0n) is 10.1. The number of benzene rings is 1. The van der Waals surface area contributed by atoms with Crippen molar-refractivity contribution in [3.05, 3.63) is 46.5 Å². The Labute approximate surface area is 125 Å². The van der Waals surface area contributed by atoms with Gasteiger partial charge in [0.05, 0.1) is 5.69 Å². The number of hydrazine groups is 1. The minimum atomic E-state index is 0. The molecule has 0 aliphatic rings. The van der Waals surface area contributed by atoms with E-state index in [1.54, 1.807) is 11.0 Å². The number of anilines is 1. The van der Waals surface area contributed by atoms with Crippen molar-refractivity contribution < 1.29 is 29.6 Å². The van der Waals surface area contributed by atoms with E-state index in [0.29, 0.717) is 0 Å². The number of hydrogen-bond acceptors (Lipinski definition) is 7. The number of hydrogen-bond donors (Lipinski definition) is 2. The number of nitrogens with two attached hydrogens (primary N) is 1. The molecule has 0 saturated heterocycles. The zero-order valence-corrected chi connectivity index (χ0v) is 12.1. The maximum absolute atomic E-state index is 8.00. The quantitative estimate of drug-likeness (QED) is 0.281. The normalized spacial score (nSPS) is 8.56. The van der Waals surface area contributed by atoms with Gasteiger partial charge in [-0.05, 0) is 31.2 Å². The predicted octanol–water partition coefficient (Wildman–Crippen LogP) is -1.88. The Morgan fingerprint density at radius 1 is 1.39 bits per heavy atom. The van der Waals surface area contributed by atoms with Gasteiger partial charge in [-0.25, -0.2) is 9.67 Å². The largest absolute Gasteiger partial charge is 1.00 e. The second kappa shape index (κ2) is 8.59. The molecule has 2 rings (SSSR count). The summed E-state index contributed by atoms with van der Waals surface area (Å²) in [5.41, 5.74) is 4.39. The zero-order chi connectivity index (χ0) is 12.7. The first-order chi connectivity index (χ1) is 8.21. The molecular formula is C9H11N6NaO2. The Balaban J connectivity index is 0.000000660. The van der Waals surface area contributed by atoms with Gasteiger partial charge in [0, 0.05) is 5.69 Å². The van der Waals surface area contributed by atoms with E-state index >= 15 is 0 Å². The number of nitrogens with zero attached hydrogens (tertiary/aromatic N) is 4. The molecule has 1 aromatic carbocycles. The van der Waals surface area contributed by atoms with Crippen LogP contribution in [0.5, 0.6) is 0 Å². The van der Waals surface area contributed by atoms with E-state index < -0.39 is 0 Å². The van der Waals surface area contributed by atoms with Crippen molar-refractivity contribution in [2.75, 3.05) is 5.43 Å². The van der Waals surface area contributed by atoms with E-state index in [0.717, 1.165) is 22.5 Å². The van der Waals surface area contributed by atoms with Gasteiger partial charge >= 0.3 is 29.6 Å². The molecule has 0 saturated carbocycles. The maximum Gasteiger partial charge on any atom is 1.00 e. The van der Waals surface area contributed by atoms with Crippen LogP contribution in [-0.2, 0) is 0 Å². The van der Waals surface area contributed by atoms with Gasteiger partial charge in [-0.2, -0.15) is 5.10 Å². The number of nitrogens with one attached hydrogen (secondary N) is 1. The molecule has 0 aliphatic heterocycles. The molecule has 8 nitrogen and oxygen atoms in total. The average molecular weight is 258 g/mol. The van der Waals surface area contributed by atoms with E-state index in [1.165, 1.54) is 0 Å². The second-order valence-corrected chi connectivity index (χ2v) is 3.00. The van der Waals surface area contributed by atoms with Crippen LogP contribution in [0.1, 0.15) is 5.82 Å². The van der Waals surface area contributed by atoms with Crippen LogP contribution in [0, 0.1) is 17.0 Å². The van der Waals surface area contributed by atoms with Crippen LogP contribution in [0.2, 0.25) is 0 Å². The first-order valence-corrected chi connectivity index (χ1v) is 4.61. The molecule has 0 radical (unpaired) electrons. The van der Waals surface area contributed by atoms with E-state index in [4.69, 9.17) is 16.0 Å². The van der Waals surface area contributed by atoms with Gasteiger partial charge in [-0.3, -0.25) is 5.84 Å². The molecule has 0 atom stereocenters. The summed E-state index contributed by atoms with van der Waals surface area (Å²) in [6.07, 6.45) is 1.68. The molecule has 90 valence electrons. The van der Waals surface area contributed by atoms with Crippen LogP contribution in [0.25, 0.3) is 5.69 Å². The summed E-state index contributed by atoms with van der Waals surface area (Å²) in [6, 6.07) is 7.60. The standard InChI is InChI=1S/C9H11N5.HNO2.Na/c1-7-11-6-14(13-7)9-4-2-8(12-10)3-5-9;2-1-3;/h2-6,12H,10H2,1H3;(H,2,3);/q;;+1/p-1. The SMILES string of the molecule is Cc1ncn(-c2ccc(NN)cc2)n1.O=N[O-].[Na+]. The van der Waals surface area contributed by atoms with Crippen LogP contribution in [0.3, 0.4) is 0 Å².